The lowest BCUT2D eigenvalue weighted by atomic mass is 10.0. The smallest absolute Gasteiger partial charge is 0.253 e. The van der Waals surface area contributed by atoms with Crippen LogP contribution in [-0.2, 0) is 9.84 Å². The lowest BCUT2D eigenvalue weighted by Crippen LogP contribution is -2.34. The first kappa shape index (κ1) is 17.9. The van der Waals surface area contributed by atoms with Gasteiger partial charge in [-0.3, -0.25) is 9.59 Å². The van der Waals surface area contributed by atoms with Crippen LogP contribution in [0.1, 0.15) is 32.7 Å². The van der Waals surface area contributed by atoms with Gasteiger partial charge in [0.1, 0.15) is 0 Å². The van der Waals surface area contributed by atoms with Crippen molar-refractivity contribution in [2.45, 2.75) is 16.2 Å². The molecule has 1 saturated heterocycles. The molecule has 0 aliphatic carbocycles. The van der Waals surface area contributed by atoms with Gasteiger partial charge in [-0.25, -0.2) is 8.42 Å². The van der Waals surface area contributed by atoms with E-state index >= 15 is 0 Å². The van der Waals surface area contributed by atoms with Gasteiger partial charge in [-0.2, -0.15) is 0 Å². The van der Waals surface area contributed by atoms with Gasteiger partial charge in [0, 0.05) is 36.3 Å². The zero-order valence-electron chi connectivity index (χ0n) is 15.0. The summed E-state index contributed by atoms with van der Waals surface area (Å²) in [5.41, 5.74) is 0.606. The molecule has 0 N–H and O–H groups in total. The first-order valence-corrected chi connectivity index (χ1v) is 10.4. The molecular formula is C20H20N2O4S. The van der Waals surface area contributed by atoms with Gasteiger partial charge in [0.05, 0.1) is 9.79 Å². The van der Waals surface area contributed by atoms with Crippen LogP contribution in [-0.4, -0.2) is 63.1 Å². The van der Waals surface area contributed by atoms with Gasteiger partial charge in [0.2, 0.25) is 9.84 Å². The summed E-state index contributed by atoms with van der Waals surface area (Å²) in [7, 11) is -1.82. The van der Waals surface area contributed by atoms with E-state index in [1.54, 1.807) is 23.1 Å². The maximum atomic E-state index is 13.0. The second kappa shape index (κ2) is 6.58. The van der Waals surface area contributed by atoms with Crippen LogP contribution in [0.3, 0.4) is 0 Å². The monoisotopic (exact) mass is 384 g/mol. The normalized spacial score (nSPS) is 19.1. The fourth-order valence-electron chi connectivity index (χ4n) is 3.65. The van der Waals surface area contributed by atoms with Crippen molar-refractivity contribution in [3.63, 3.8) is 0 Å². The molecule has 0 saturated carbocycles. The van der Waals surface area contributed by atoms with Crippen LogP contribution in [0.2, 0.25) is 0 Å². The fourth-order valence-corrected chi connectivity index (χ4v) is 5.33. The van der Waals surface area contributed by atoms with Crippen molar-refractivity contribution in [1.29, 1.82) is 0 Å². The van der Waals surface area contributed by atoms with Crippen LogP contribution >= 0.6 is 0 Å². The van der Waals surface area contributed by atoms with Gasteiger partial charge in [0.25, 0.3) is 5.91 Å². The second-order valence-electron chi connectivity index (χ2n) is 6.99. The number of hydrogen-bond donors (Lipinski definition) is 0. The Morgan fingerprint density at radius 3 is 2.48 bits per heavy atom. The summed E-state index contributed by atoms with van der Waals surface area (Å²) in [6, 6.07) is 10.6. The highest BCUT2D eigenvalue weighted by Crippen LogP contribution is 2.34. The summed E-state index contributed by atoms with van der Waals surface area (Å²) in [5, 5.41) is 0. The quantitative estimate of drug-likeness (QED) is 0.640. The minimum absolute atomic E-state index is 0.00324. The van der Waals surface area contributed by atoms with E-state index in [2.05, 4.69) is 4.90 Å². The third kappa shape index (κ3) is 2.96. The number of fused-ring (bicyclic) bond motifs is 2. The van der Waals surface area contributed by atoms with E-state index in [0.29, 0.717) is 18.7 Å². The van der Waals surface area contributed by atoms with Crippen molar-refractivity contribution < 1.29 is 18.0 Å². The highest BCUT2D eigenvalue weighted by Gasteiger charge is 2.35. The molecule has 4 rings (SSSR count). The van der Waals surface area contributed by atoms with Crippen LogP contribution in [0.5, 0.6) is 0 Å². The predicted molar refractivity (Wildman–Crippen MR) is 99.8 cm³/mol. The van der Waals surface area contributed by atoms with Crippen molar-refractivity contribution >= 4 is 21.5 Å². The van der Waals surface area contributed by atoms with Crippen LogP contribution in [0.4, 0.5) is 0 Å². The van der Waals surface area contributed by atoms with Crippen LogP contribution in [0, 0.1) is 0 Å². The molecule has 2 heterocycles. The number of rotatable bonds is 1. The van der Waals surface area contributed by atoms with E-state index in [0.717, 1.165) is 19.5 Å². The largest absolute Gasteiger partial charge is 0.337 e. The zero-order chi connectivity index (χ0) is 19.2. The van der Waals surface area contributed by atoms with Gasteiger partial charge < -0.3 is 9.80 Å². The Kier molecular flexibility index (Phi) is 4.36. The molecule has 0 bridgehead atoms. The number of carbonyl (C=O) groups excluding carboxylic acids is 2. The molecule has 1 amide bonds. The minimum Gasteiger partial charge on any atom is -0.337 e. The SMILES string of the molecule is CN1CCCN(C(=O)c2ccc3c(c2)S(=O)(=O)c2ccccc2C3=O)CC1. The Morgan fingerprint density at radius 1 is 0.926 bits per heavy atom. The number of likely N-dealkylation sites (N-methyl/N-ethyl adjacent to an activating group) is 1. The average Bonchev–Trinajstić information content (AvgIpc) is 2.90. The molecule has 2 aromatic rings. The van der Waals surface area contributed by atoms with Crippen molar-refractivity contribution in [3.8, 4) is 0 Å². The second-order valence-corrected chi connectivity index (χ2v) is 8.88. The highest BCUT2D eigenvalue weighted by atomic mass is 32.2. The summed E-state index contributed by atoms with van der Waals surface area (Å²) < 4.78 is 26.0. The molecule has 0 radical (unpaired) electrons. The summed E-state index contributed by atoms with van der Waals surface area (Å²) in [6.45, 7) is 2.93. The van der Waals surface area contributed by atoms with E-state index in [1.165, 1.54) is 24.3 Å². The molecule has 1 fully saturated rings. The molecule has 0 atom stereocenters. The summed E-state index contributed by atoms with van der Waals surface area (Å²) in [6.07, 6.45) is 0.872. The maximum absolute atomic E-state index is 13.0. The molecule has 2 aliphatic heterocycles. The first-order chi connectivity index (χ1) is 12.9. The zero-order valence-corrected chi connectivity index (χ0v) is 15.8. The summed E-state index contributed by atoms with van der Waals surface area (Å²) in [4.78, 5) is 29.4. The standard InChI is InChI=1S/C20H20N2O4S/c1-21-9-4-10-22(12-11-21)20(24)14-7-8-16-18(13-14)27(25,26)17-6-3-2-5-15(17)19(16)23/h2-3,5-8,13H,4,9-12H2,1H3. The molecule has 2 aliphatic rings. The van der Waals surface area contributed by atoms with Crippen LogP contribution in [0.15, 0.2) is 52.3 Å². The van der Waals surface area contributed by atoms with Crippen LogP contribution < -0.4 is 0 Å². The minimum atomic E-state index is -3.84. The molecule has 27 heavy (non-hydrogen) atoms. The summed E-state index contributed by atoms with van der Waals surface area (Å²) in [5.74, 6) is -0.527. The van der Waals surface area contributed by atoms with Gasteiger partial charge in [0.15, 0.2) is 5.78 Å². The first-order valence-electron chi connectivity index (χ1n) is 8.90. The molecule has 7 heteroatoms. The van der Waals surface area contributed by atoms with Crippen molar-refractivity contribution in [2.75, 3.05) is 33.2 Å². The van der Waals surface area contributed by atoms with E-state index in [1.807, 2.05) is 7.05 Å². The van der Waals surface area contributed by atoms with Gasteiger partial charge in [-0.15, -0.1) is 0 Å². The number of nitrogens with zero attached hydrogens (tertiary/aromatic N) is 2. The summed E-state index contributed by atoms with van der Waals surface area (Å²) >= 11 is 0. The van der Waals surface area contributed by atoms with Gasteiger partial charge in [-0.1, -0.05) is 12.1 Å². The number of ketones is 1. The van der Waals surface area contributed by atoms with Gasteiger partial charge >= 0.3 is 0 Å². The van der Waals surface area contributed by atoms with E-state index in [4.69, 9.17) is 0 Å². The highest BCUT2D eigenvalue weighted by molar-refractivity contribution is 7.91. The topological polar surface area (TPSA) is 74.8 Å². The average molecular weight is 384 g/mol. The third-order valence-corrected chi connectivity index (χ3v) is 7.04. The number of benzene rings is 2. The third-order valence-electron chi connectivity index (χ3n) is 5.19. The number of sulfone groups is 1. The van der Waals surface area contributed by atoms with Gasteiger partial charge in [-0.05, 0) is 50.3 Å². The lowest BCUT2D eigenvalue weighted by Gasteiger charge is -2.23. The predicted octanol–water partition coefficient (Wildman–Crippen LogP) is 1.84. The number of hydrogen-bond acceptors (Lipinski definition) is 5. The van der Waals surface area contributed by atoms with Crippen LogP contribution in [0.25, 0.3) is 0 Å². The van der Waals surface area contributed by atoms with Crippen molar-refractivity contribution in [2.24, 2.45) is 0 Å². The molecule has 0 aromatic heterocycles. The fraction of sp³-hybridized carbons (Fsp3) is 0.300. The van der Waals surface area contributed by atoms with Crippen molar-refractivity contribution in [3.05, 3.63) is 59.2 Å². The molecular weight excluding hydrogens is 364 g/mol. The van der Waals surface area contributed by atoms with E-state index < -0.39 is 9.84 Å². The number of amides is 1. The Hall–Kier alpha value is -2.51. The molecule has 140 valence electrons. The Labute approximate surface area is 158 Å². The van der Waals surface area contributed by atoms with E-state index in [-0.39, 0.29) is 32.6 Å². The Bertz CT molecular complexity index is 1050. The molecule has 0 spiro atoms. The lowest BCUT2D eigenvalue weighted by molar-refractivity contribution is 0.0762. The Balaban J connectivity index is 1.75. The maximum Gasteiger partial charge on any atom is 0.253 e. The number of carbonyl (C=O) groups is 2. The van der Waals surface area contributed by atoms with Crippen molar-refractivity contribution in [1.82, 2.24) is 9.80 Å². The Morgan fingerprint density at radius 2 is 1.67 bits per heavy atom. The molecule has 0 unspecified atom stereocenters. The molecule has 2 aromatic carbocycles. The molecule has 6 nitrogen and oxygen atoms in total. The van der Waals surface area contributed by atoms with E-state index in [9.17, 15) is 18.0 Å².